The number of amidine groups is 2. The summed E-state index contributed by atoms with van der Waals surface area (Å²) < 4.78 is 0. The van der Waals surface area contributed by atoms with E-state index in [1.54, 1.807) is 23.5 Å². The van der Waals surface area contributed by atoms with Crippen molar-refractivity contribution in [2.24, 2.45) is 9.98 Å². The Bertz CT molecular complexity index is 689. The molecule has 3 nitrogen and oxygen atoms in total. The van der Waals surface area contributed by atoms with E-state index in [-0.39, 0.29) is 0 Å². The van der Waals surface area contributed by atoms with Gasteiger partial charge in [-0.25, -0.2) is 0 Å². The van der Waals surface area contributed by atoms with Gasteiger partial charge in [0, 0.05) is 18.6 Å². The second kappa shape index (κ2) is 7.00. The number of rotatable bonds is 2. The highest BCUT2D eigenvalue weighted by atomic mass is 32.2. The van der Waals surface area contributed by atoms with Gasteiger partial charge in [-0.3, -0.25) is 9.98 Å². The van der Waals surface area contributed by atoms with E-state index in [2.05, 4.69) is 57.8 Å². The molecule has 0 aromatic heterocycles. The van der Waals surface area contributed by atoms with Crippen molar-refractivity contribution in [3.63, 3.8) is 0 Å². The number of hydrogen-bond donors (Lipinski definition) is 1. The Labute approximate surface area is 133 Å². The molecule has 0 bridgehead atoms. The van der Waals surface area contributed by atoms with Crippen LogP contribution in [0.25, 0.3) is 10.8 Å². The molecule has 0 fully saturated rings. The van der Waals surface area contributed by atoms with Crippen molar-refractivity contribution in [3.05, 3.63) is 48.0 Å². The molecule has 1 aliphatic rings. The molecule has 0 saturated carbocycles. The zero-order chi connectivity index (χ0) is 14.5. The predicted octanol–water partition coefficient (Wildman–Crippen LogP) is 3.75. The zero-order valence-electron chi connectivity index (χ0n) is 11.9. The highest BCUT2D eigenvalue weighted by molar-refractivity contribution is 8.15. The molecule has 1 heterocycles. The van der Waals surface area contributed by atoms with Crippen LogP contribution in [0.15, 0.2) is 52.4 Å². The van der Waals surface area contributed by atoms with E-state index in [0.717, 1.165) is 28.4 Å². The van der Waals surface area contributed by atoms with Gasteiger partial charge in [-0.2, -0.15) is 0 Å². The van der Waals surface area contributed by atoms with E-state index in [1.807, 2.05) is 7.05 Å². The van der Waals surface area contributed by atoms with Gasteiger partial charge >= 0.3 is 0 Å². The molecule has 0 radical (unpaired) electrons. The SMILES string of the molecule is C/N=C(/NC1=NCCS1)SCc1cccc2ccccc12. The molecule has 3 rings (SSSR count). The molecule has 2 aromatic carbocycles. The highest BCUT2D eigenvalue weighted by Crippen LogP contribution is 2.23. The first-order valence-electron chi connectivity index (χ1n) is 6.87. The molecule has 0 saturated heterocycles. The van der Waals surface area contributed by atoms with Crippen molar-refractivity contribution < 1.29 is 0 Å². The maximum absolute atomic E-state index is 4.40. The van der Waals surface area contributed by atoms with Crippen LogP contribution in [-0.2, 0) is 5.75 Å². The van der Waals surface area contributed by atoms with Gasteiger partial charge in [0.05, 0.1) is 6.54 Å². The van der Waals surface area contributed by atoms with Crippen LogP contribution in [0.3, 0.4) is 0 Å². The number of thioether (sulfide) groups is 2. The van der Waals surface area contributed by atoms with Crippen molar-refractivity contribution in [3.8, 4) is 0 Å². The third kappa shape index (κ3) is 3.60. The molecule has 2 aromatic rings. The summed E-state index contributed by atoms with van der Waals surface area (Å²) in [6, 6.07) is 15.0. The molecule has 1 aliphatic heterocycles. The molecule has 0 atom stereocenters. The molecule has 0 unspecified atom stereocenters. The van der Waals surface area contributed by atoms with E-state index in [9.17, 15) is 0 Å². The molecule has 1 N–H and O–H groups in total. The Morgan fingerprint density at radius 3 is 2.95 bits per heavy atom. The highest BCUT2D eigenvalue weighted by Gasteiger charge is 2.10. The van der Waals surface area contributed by atoms with Gasteiger partial charge in [-0.15, -0.1) is 0 Å². The average Bonchev–Trinajstić information content (AvgIpc) is 3.04. The minimum atomic E-state index is 0.901. The van der Waals surface area contributed by atoms with E-state index < -0.39 is 0 Å². The van der Waals surface area contributed by atoms with Crippen LogP contribution in [0.2, 0.25) is 0 Å². The Morgan fingerprint density at radius 1 is 1.29 bits per heavy atom. The lowest BCUT2D eigenvalue weighted by molar-refractivity contribution is 1.16. The summed E-state index contributed by atoms with van der Waals surface area (Å²) in [7, 11) is 1.82. The van der Waals surface area contributed by atoms with Gasteiger partial charge in [-0.05, 0) is 16.3 Å². The summed E-state index contributed by atoms with van der Waals surface area (Å²) >= 11 is 3.48. The van der Waals surface area contributed by atoms with Gasteiger partial charge < -0.3 is 5.32 Å². The number of aliphatic imine (C=N–C) groups is 2. The Morgan fingerprint density at radius 2 is 2.14 bits per heavy atom. The number of nitrogens with zero attached hydrogens (tertiary/aromatic N) is 2. The van der Waals surface area contributed by atoms with Crippen LogP contribution in [0, 0.1) is 0 Å². The molecular formula is C16H17N3S2. The van der Waals surface area contributed by atoms with E-state index in [1.165, 1.54) is 16.3 Å². The van der Waals surface area contributed by atoms with Crippen molar-refractivity contribution in [1.82, 2.24) is 5.32 Å². The van der Waals surface area contributed by atoms with Gasteiger partial charge in [0.2, 0.25) is 0 Å². The van der Waals surface area contributed by atoms with Crippen molar-refractivity contribution in [2.45, 2.75) is 5.75 Å². The first-order valence-corrected chi connectivity index (χ1v) is 8.84. The maximum Gasteiger partial charge on any atom is 0.162 e. The fraction of sp³-hybridized carbons (Fsp3) is 0.250. The smallest absolute Gasteiger partial charge is 0.162 e. The minimum Gasteiger partial charge on any atom is -0.314 e. The molecular weight excluding hydrogens is 298 g/mol. The number of nitrogens with one attached hydrogen (secondary N) is 1. The van der Waals surface area contributed by atoms with Crippen LogP contribution < -0.4 is 5.32 Å². The largest absolute Gasteiger partial charge is 0.314 e. The summed E-state index contributed by atoms with van der Waals surface area (Å²) in [6.07, 6.45) is 0. The van der Waals surface area contributed by atoms with Gasteiger partial charge in [0.15, 0.2) is 10.3 Å². The topological polar surface area (TPSA) is 36.8 Å². The first kappa shape index (κ1) is 14.5. The van der Waals surface area contributed by atoms with Gasteiger partial charge in [0.25, 0.3) is 0 Å². The predicted molar refractivity (Wildman–Crippen MR) is 96.5 cm³/mol. The van der Waals surface area contributed by atoms with E-state index in [0.29, 0.717) is 0 Å². The second-order valence-electron chi connectivity index (χ2n) is 4.62. The fourth-order valence-electron chi connectivity index (χ4n) is 2.22. The maximum atomic E-state index is 4.40. The molecule has 108 valence electrons. The normalized spacial score (nSPS) is 15.3. The lowest BCUT2D eigenvalue weighted by Crippen LogP contribution is -2.24. The minimum absolute atomic E-state index is 0.901. The summed E-state index contributed by atoms with van der Waals surface area (Å²) in [4.78, 5) is 8.72. The van der Waals surface area contributed by atoms with E-state index >= 15 is 0 Å². The summed E-state index contributed by atoms with van der Waals surface area (Å²) in [5, 5.41) is 7.83. The quantitative estimate of drug-likeness (QED) is 0.677. The lowest BCUT2D eigenvalue weighted by Gasteiger charge is -2.09. The van der Waals surface area contributed by atoms with Crippen molar-refractivity contribution in [1.29, 1.82) is 0 Å². The molecule has 5 heteroatoms. The Kier molecular flexibility index (Phi) is 4.83. The zero-order valence-corrected chi connectivity index (χ0v) is 13.5. The van der Waals surface area contributed by atoms with Crippen LogP contribution in [0.1, 0.15) is 5.56 Å². The second-order valence-corrected chi connectivity index (χ2v) is 6.66. The molecule has 21 heavy (non-hydrogen) atoms. The van der Waals surface area contributed by atoms with Crippen LogP contribution in [0.4, 0.5) is 0 Å². The third-order valence-corrected chi connectivity index (χ3v) is 5.15. The monoisotopic (exact) mass is 315 g/mol. The molecule has 0 aliphatic carbocycles. The number of benzene rings is 2. The van der Waals surface area contributed by atoms with Crippen LogP contribution in [-0.4, -0.2) is 29.7 Å². The van der Waals surface area contributed by atoms with Crippen molar-refractivity contribution in [2.75, 3.05) is 19.3 Å². The molecule has 0 spiro atoms. The van der Waals surface area contributed by atoms with Crippen LogP contribution in [0.5, 0.6) is 0 Å². The molecule has 0 amide bonds. The summed E-state index contributed by atoms with van der Waals surface area (Å²) in [5.74, 6) is 1.96. The van der Waals surface area contributed by atoms with Crippen molar-refractivity contribution >= 4 is 44.6 Å². The number of fused-ring (bicyclic) bond motifs is 1. The fourth-order valence-corrected chi connectivity index (χ4v) is 3.86. The first-order chi connectivity index (χ1) is 10.4. The third-order valence-electron chi connectivity index (χ3n) is 3.25. The lowest BCUT2D eigenvalue weighted by atomic mass is 10.1. The average molecular weight is 315 g/mol. The number of hydrogen-bond acceptors (Lipinski definition) is 4. The summed E-state index contributed by atoms with van der Waals surface area (Å²) in [6.45, 7) is 0.901. The van der Waals surface area contributed by atoms with Gasteiger partial charge in [0.1, 0.15) is 0 Å². The van der Waals surface area contributed by atoms with E-state index in [4.69, 9.17) is 0 Å². The Hall–Kier alpha value is -1.46. The summed E-state index contributed by atoms with van der Waals surface area (Å²) in [5.41, 5.74) is 1.34. The van der Waals surface area contributed by atoms with Crippen LogP contribution >= 0.6 is 23.5 Å². The standard InChI is InChI=1S/C16H17N3S2/c1-17-15(19-16-18-9-10-20-16)21-11-13-7-4-6-12-5-2-3-8-14(12)13/h2-8H,9-11H2,1H3,(H,17,18,19). The van der Waals surface area contributed by atoms with Gasteiger partial charge in [-0.1, -0.05) is 66.0 Å². The Balaban J connectivity index is 1.70.